The van der Waals surface area contributed by atoms with Gasteiger partial charge in [0.05, 0.1) is 11.0 Å². The number of hydrogen-bond acceptors (Lipinski definition) is 3. The van der Waals surface area contributed by atoms with E-state index in [9.17, 15) is 14.7 Å². The van der Waals surface area contributed by atoms with E-state index >= 15 is 0 Å². The van der Waals surface area contributed by atoms with E-state index in [2.05, 4.69) is 10.9 Å². The summed E-state index contributed by atoms with van der Waals surface area (Å²) in [6.07, 6.45) is 1.47. The fourth-order valence-corrected chi connectivity index (χ4v) is 2.69. The number of carbonyl (C=O) groups is 2. The van der Waals surface area contributed by atoms with Crippen LogP contribution in [0.25, 0.3) is 0 Å². The number of hydrazine groups is 1. The van der Waals surface area contributed by atoms with Crippen LogP contribution in [0, 0.1) is 0 Å². The average molecular weight is 331 g/mol. The maximum Gasteiger partial charge on any atom is 0.273 e. The molecule has 2 aromatic rings. The molecule has 0 unspecified atom stereocenters. The first kappa shape index (κ1) is 15.4. The number of hydrogen-bond donors (Lipinski definition) is 3. The lowest BCUT2D eigenvalue weighted by Gasteiger charge is -2.16. The van der Waals surface area contributed by atoms with Gasteiger partial charge in [-0.3, -0.25) is 20.4 Å². The highest BCUT2D eigenvalue weighted by Gasteiger charge is 2.51. The summed E-state index contributed by atoms with van der Waals surface area (Å²) in [7, 11) is 0. The normalized spacial score (nSPS) is 14.8. The number of benzene rings is 2. The summed E-state index contributed by atoms with van der Waals surface area (Å²) in [6.45, 7) is 0. The first-order valence-corrected chi connectivity index (χ1v) is 7.55. The van der Waals surface area contributed by atoms with Crippen LogP contribution >= 0.6 is 11.6 Å². The number of phenolic OH excluding ortho intramolecular Hbond substituents is 1. The Kier molecular flexibility index (Phi) is 3.96. The van der Waals surface area contributed by atoms with Crippen LogP contribution in [0.15, 0.2) is 48.5 Å². The van der Waals surface area contributed by atoms with Gasteiger partial charge in [0.15, 0.2) is 0 Å². The highest BCUT2D eigenvalue weighted by atomic mass is 35.5. The summed E-state index contributed by atoms with van der Waals surface area (Å²) >= 11 is 5.81. The van der Waals surface area contributed by atoms with Crippen molar-refractivity contribution < 1.29 is 14.7 Å². The van der Waals surface area contributed by atoms with E-state index in [0.717, 1.165) is 18.4 Å². The van der Waals surface area contributed by atoms with Gasteiger partial charge in [-0.15, -0.1) is 0 Å². The predicted octanol–water partition coefficient (Wildman–Crippen LogP) is 2.54. The second-order valence-corrected chi connectivity index (χ2v) is 5.95. The topological polar surface area (TPSA) is 78.4 Å². The summed E-state index contributed by atoms with van der Waals surface area (Å²) in [6, 6.07) is 13.6. The van der Waals surface area contributed by atoms with Crippen LogP contribution in [0.3, 0.4) is 0 Å². The minimum absolute atomic E-state index is 0.00218. The lowest BCUT2D eigenvalue weighted by molar-refractivity contribution is -0.124. The zero-order valence-corrected chi connectivity index (χ0v) is 12.9. The van der Waals surface area contributed by atoms with E-state index in [1.165, 1.54) is 18.2 Å². The summed E-state index contributed by atoms with van der Waals surface area (Å²) in [5.41, 5.74) is 5.11. The van der Waals surface area contributed by atoms with E-state index in [1.54, 1.807) is 0 Å². The van der Waals surface area contributed by atoms with Crippen LogP contribution < -0.4 is 10.9 Å². The molecule has 0 aromatic heterocycles. The summed E-state index contributed by atoms with van der Waals surface area (Å²) in [5, 5.41) is 10.0. The van der Waals surface area contributed by atoms with E-state index < -0.39 is 11.3 Å². The molecule has 118 valence electrons. The SMILES string of the molecule is O=C(NNC(=O)C1(c2ccccc2)CC1)c1cc(Cl)ccc1O. The Labute approximate surface area is 138 Å². The third kappa shape index (κ3) is 3.00. The molecule has 6 heteroatoms. The van der Waals surface area contributed by atoms with Crippen molar-refractivity contribution in [2.45, 2.75) is 18.3 Å². The molecule has 23 heavy (non-hydrogen) atoms. The van der Waals surface area contributed by atoms with Crippen LogP contribution in [0.4, 0.5) is 0 Å². The molecule has 1 aliphatic rings. The second kappa shape index (κ2) is 5.93. The zero-order chi connectivity index (χ0) is 16.4. The maximum atomic E-state index is 12.4. The smallest absolute Gasteiger partial charge is 0.273 e. The van der Waals surface area contributed by atoms with Gasteiger partial charge < -0.3 is 5.11 Å². The van der Waals surface area contributed by atoms with Crippen molar-refractivity contribution in [1.29, 1.82) is 0 Å². The quantitative estimate of drug-likeness (QED) is 0.757. The van der Waals surface area contributed by atoms with Gasteiger partial charge >= 0.3 is 0 Å². The highest BCUT2D eigenvalue weighted by molar-refractivity contribution is 6.31. The van der Waals surface area contributed by atoms with Gasteiger partial charge in [0.2, 0.25) is 5.91 Å². The lowest BCUT2D eigenvalue weighted by Crippen LogP contribution is -2.46. The minimum Gasteiger partial charge on any atom is -0.507 e. The number of nitrogens with one attached hydrogen (secondary N) is 2. The number of phenols is 1. The van der Waals surface area contributed by atoms with Gasteiger partial charge in [-0.05, 0) is 36.6 Å². The van der Waals surface area contributed by atoms with Gasteiger partial charge in [-0.25, -0.2) is 0 Å². The molecule has 2 amide bonds. The van der Waals surface area contributed by atoms with Crippen molar-refractivity contribution in [3.05, 3.63) is 64.7 Å². The first-order valence-electron chi connectivity index (χ1n) is 7.18. The fraction of sp³-hybridized carbons (Fsp3) is 0.176. The van der Waals surface area contributed by atoms with Crippen molar-refractivity contribution in [2.24, 2.45) is 0 Å². The zero-order valence-electron chi connectivity index (χ0n) is 12.2. The molecular formula is C17H15ClN2O3. The van der Waals surface area contributed by atoms with Crippen molar-refractivity contribution in [1.82, 2.24) is 10.9 Å². The van der Waals surface area contributed by atoms with Crippen LogP contribution in [0.1, 0.15) is 28.8 Å². The highest BCUT2D eigenvalue weighted by Crippen LogP contribution is 2.48. The number of rotatable bonds is 3. The monoisotopic (exact) mass is 330 g/mol. The molecule has 0 bridgehead atoms. The molecule has 1 fully saturated rings. The van der Waals surface area contributed by atoms with E-state index in [-0.39, 0.29) is 17.2 Å². The number of aromatic hydroxyl groups is 1. The Bertz CT molecular complexity index is 758. The molecule has 1 saturated carbocycles. The van der Waals surface area contributed by atoms with Crippen LogP contribution in [0.2, 0.25) is 5.02 Å². The Hall–Kier alpha value is -2.53. The molecule has 0 heterocycles. The molecule has 0 spiro atoms. The standard InChI is InChI=1S/C17H15ClN2O3/c18-12-6-7-14(21)13(10-12)15(22)19-20-16(23)17(8-9-17)11-4-2-1-3-5-11/h1-7,10,21H,8-9H2,(H,19,22)(H,20,23). The molecule has 0 aliphatic heterocycles. The van der Waals surface area contributed by atoms with Crippen LogP contribution in [-0.2, 0) is 10.2 Å². The van der Waals surface area contributed by atoms with Crippen molar-refractivity contribution in [3.63, 3.8) is 0 Å². The van der Waals surface area contributed by atoms with Crippen LogP contribution in [-0.4, -0.2) is 16.9 Å². The van der Waals surface area contributed by atoms with Gasteiger partial charge in [0.1, 0.15) is 5.75 Å². The molecule has 3 rings (SSSR count). The van der Waals surface area contributed by atoms with Gasteiger partial charge in [-0.2, -0.15) is 0 Å². The molecule has 3 N–H and O–H groups in total. The number of halogens is 1. The van der Waals surface area contributed by atoms with Crippen molar-refractivity contribution in [3.8, 4) is 5.75 Å². The number of amides is 2. The molecule has 2 aromatic carbocycles. The third-order valence-electron chi connectivity index (χ3n) is 4.00. The summed E-state index contributed by atoms with van der Waals surface area (Å²) < 4.78 is 0. The number of carbonyl (C=O) groups excluding carboxylic acids is 2. The largest absolute Gasteiger partial charge is 0.507 e. The maximum absolute atomic E-state index is 12.4. The average Bonchev–Trinajstić information content (AvgIpc) is 3.37. The molecule has 0 saturated heterocycles. The van der Waals surface area contributed by atoms with Crippen LogP contribution in [0.5, 0.6) is 5.75 Å². The summed E-state index contributed by atoms with van der Waals surface area (Å²) in [4.78, 5) is 24.5. The first-order chi connectivity index (χ1) is 11.0. The van der Waals surface area contributed by atoms with Gasteiger partial charge in [-0.1, -0.05) is 41.9 Å². The Morgan fingerprint density at radius 1 is 1.04 bits per heavy atom. The van der Waals surface area contributed by atoms with Crippen molar-refractivity contribution >= 4 is 23.4 Å². The molecule has 5 nitrogen and oxygen atoms in total. The van der Waals surface area contributed by atoms with Crippen molar-refractivity contribution in [2.75, 3.05) is 0 Å². The summed E-state index contributed by atoms with van der Waals surface area (Å²) in [5.74, 6) is -1.09. The Morgan fingerprint density at radius 3 is 2.39 bits per heavy atom. The fourth-order valence-electron chi connectivity index (χ4n) is 2.52. The third-order valence-corrected chi connectivity index (χ3v) is 4.24. The Morgan fingerprint density at radius 2 is 1.74 bits per heavy atom. The molecule has 0 radical (unpaired) electrons. The lowest BCUT2D eigenvalue weighted by atomic mass is 9.95. The predicted molar refractivity (Wildman–Crippen MR) is 86.1 cm³/mol. The van der Waals surface area contributed by atoms with Gasteiger partial charge in [0.25, 0.3) is 5.91 Å². The molecule has 0 atom stereocenters. The van der Waals surface area contributed by atoms with E-state index in [4.69, 9.17) is 11.6 Å². The molecular weight excluding hydrogens is 316 g/mol. The Balaban J connectivity index is 1.68. The second-order valence-electron chi connectivity index (χ2n) is 5.52. The van der Waals surface area contributed by atoms with E-state index in [1.807, 2.05) is 30.3 Å². The minimum atomic E-state index is -0.623. The molecule has 1 aliphatic carbocycles. The van der Waals surface area contributed by atoms with Gasteiger partial charge in [0, 0.05) is 5.02 Å². The van der Waals surface area contributed by atoms with E-state index in [0.29, 0.717) is 5.02 Å².